The number of aliphatic hydroxyl groups excluding tert-OH is 1. The number of nitrogens with one attached hydrogen (secondary N) is 1. The summed E-state index contributed by atoms with van der Waals surface area (Å²) in [6.45, 7) is 9.21. The van der Waals surface area contributed by atoms with Gasteiger partial charge < -0.3 is 39.6 Å². The van der Waals surface area contributed by atoms with Crippen LogP contribution in [0.1, 0.15) is 108 Å². The molecule has 5 aliphatic rings. The maximum Gasteiger partial charge on any atom is 0.350 e. The molecule has 1 unspecified atom stereocenters. The van der Waals surface area contributed by atoms with Crippen LogP contribution >= 0.6 is 0 Å². The number of amides is 1. The number of aliphatic hydroxyl groups is 3. The Hall–Kier alpha value is -3.32. The Morgan fingerprint density at radius 3 is 2.15 bits per heavy atom. The van der Waals surface area contributed by atoms with Crippen molar-refractivity contribution in [3.63, 3.8) is 0 Å². The minimum atomic E-state index is -1.90. The van der Waals surface area contributed by atoms with Crippen LogP contribution in [0.5, 0.6) is 0 Å². The van der Waals surface area contributed by atoms with E-state index >= 15 is 4.79 Å². The first-order valence-electron chi connectivity index (χ1n) is 21.3. The predicted molar refractivity (Wildman–Crippen MR) is 217 cm³/mol. The summed E-state index contributed by atoms with van der Waals surface area (Å²) in [6, 6.07) is 15.4. The summed E-state index contributed by atoms with van der Waals surface area (Å²) < 4.78 is 23.8. The zero-order chi connectivity index (χ0) is 44.2. The van der Waals surface area contributed by atoms with Crippen LogP contribution in [0.2, 0.25) is 0 Å². The van der Waals surface area contributed by atoms with Gasteiger partial charge in [-0.1, -0.05) is 69.3 Å². The zero-order valence-electron chi connectivity index (χ0n) is 36.1. The van der Waals surface area contributed by atoms with E-state index in [9.17, 15) is 39.3 Å². The molecule has 4 aliphatic carbocycles. The Morgan fingerprint density at radius 1 is 0.935 bits per heavy atom. The van der Waals surface area contributed by atoms with Gasteiger partial charge in [-0.3, -0.25) is 24.0 Å². The van der Waals surface area contributed by atoms with Crippen molar-refractivity contribution in [2.75, 3.05) is 6.61 Å². The third-order valence-corrected chi connectivity index (χ3v) is 14.5. The smallest absolute Gasteiger partial charge is 0.350 e. The molecular weight excluding hydrogens is 1010 g/mol. The molecule has 1 amide bonds. The van der Waals surface area contributed by atoms with Crippen molar-refractivity contribution in [2.45, 2.75) is 134 Å². The van der Waals surface area contributed by atoms with Gasteiger partial charge >= 0.3 is 17.9 Å². The standard InChI is InChI=1S/C47H57NO13.Ac/c1-25-32(23-47(57)26(2)40-45(6,33(51)22-34-46(40,56)24-58-34)41(53)38(59-27(3)49)36(25)44(47,4)5)60-43(55)39(61-35(52)19-13-18-31(50)28-20-21-28)37(29-14-9-7-10-15-29)48-42(54)30-16-11-8-12-17-30;/h7-12,14-17,26,28,32-34,37-40,51,56-57H,13,18-24H2,1-6H3,(H,48,54);/t26-,32-,33-,34+,37-,38+,39?,40-,45+,46-,47+;/m0./s1. The molecule has 1 aliphatic heterocycles. The van der Waals surface area contributed by atoms with E-state index in [1.807, 2.05) is 0 Å². The average molecular weight is 1070 g/mol. The number of hydrogen-bond acceptors (Lipinski definition) is 13. The first-order valence-corrected chi connectivity index (χ1v) is 21.3. The maximum atomic E-state index is 15.1. The Morgan fingerprint density at radius 2 is 1.56 bits per heavy atom. The molecule has 15 heteroatoms. The van der Waals surface area contributed by atoms with E-state index in [1.165, 1.54) is 6.92 Å². The molecule has 2 bridgehead atoms. The molecule has 1 heterocycles. The number of ketones is 2. The molecule has 0 spiro atoms. The van der Waals surface area contributed by atoms with Gasteiger partial charge in [0.2, 0.25) is 6.10 Å². The van der Waals surface area contributed by atoms with Gasteiger partial charge in [-0.15, -0.1) is 0 Å². The topological polar surface area (TPSA) is 212 Å². The molecule has 4 fully saturated rings. The minimum absolute atomic E-state index is 0. The van der Waals surface area contributed by atoms with E-state index in [0.717, 1.165) is 19.8 Å². The molecule has 62 heavy (non-hydrogen) atoms. The summed E-state index contributed by atoms with van der Waals surface area (Å²) in [5.74, 6) is -5.94. The van der Waals surface area contributed by atoms with Crippen molar-refractivity contribution in [3.05, 3.63) is 82.9 Å². The number of esters is 3. The fraction of sp³-hybridized carbons (Fsp3) is 0.574. The van der Waals surface area contributed by atoms with Crippen LogP contribution in [0.4, 0.5) is 0 Å². The third kappa shape index (κ3) is 8.51. The minimum Gasteiger partial charge on any atom is -0.455 e. The molecule has 7 rings (SSSR count). The van der Waals surface area contributed by atoms with Gasteiger partial charge in [0.15, 0.2) is 11.9 Å². The van der Waals surface area contributed by atoms with Crippen molar-refractivity contribution in [2.24, 2.45) is 28.6 Å². The largest absolute Gasteiger partial charge is 0.455 e. The summed E-state index contributed by atoms with van der Waals surface area (Å²) in [4.78, 5) is 82.6. The van der Waals surface area contributed by atoms with Crippen molar-refractivity contribution in [1.29, 1.82) is 0 Å². The Labute approximate surface area is 397 Å². The Kier molecular flexibility index (Phi) is 14.2. The van der Waals surface area contributed by atoms with Gasteiger partial charge in [0.25, 0.3) is 5.91 Å². The van der Waals surface area contributed by atoms with Crippen LogP contribution in [0, 0.1) is 72.6 Å². The van der Waals surface area contributed by atoms with E-state index in [0.29, 0.717) is 11.1 Å². The van der Waals surface area contributed by atoms with Crippen LogP contribution < -0.4 is 5.32 Å². The number of rotatable bonds is 13. The second-order valence-electron chi connectivity index (χ2n) is 18.5. The molecule has 2 aromatic carbocycles. The summed E-state index contributed by atoms with van der Waals surface area (Å²) >= 11 is 0. The molecule has 0 aromatic heterocycles. The fourth-order valence-corrected chi connectivity index (χ4v) is 10.8. The third-order valence-electron chi connectivity index (χ3n) is 14.5. The van der Waals surface area contributed by atoms with E-state index in [-0.39, 0.29) is 106 Å². The van der Waals surface area contributed by atoms with Gasteiger partial charge in [0.1, 0.15) is 23.5 Å². The fourth-order valence-electron chi connectivity index (χ4n) is 10.8. The number of ether oxygens (including phenoxy) is 4. The van der Waals surface area contributed by atoms with Gasteiger partial charge in [0.05, 0.1) is 29.8 Å². The van der Waals surface area contributed by atoms with Crippen molar-refractivity contribution in [1.82, 2.24) is 5.32 Å². The van der Waals surface area contributed by atoms with Gasteiger partial charge in [-0.2, -0.15) is 0 Å². The van der Waals surface area contributed by atoms with Crippen LogP contribution in [-0.4, -0.2) is 99.0 Å². The molecule has 331 valence electrons. The Bertz CT molecular complexity index is 2110. The zero-order valence-corrected chi connectivity index (χ0v) is 40.9. The van der Waals surface area contributed by atoms with Gasteiger partial charge in [-0.05, 0) is 67.9 Å². The SMILES string of the molecule is CC(=O)O[C@H]1C(=O)[C@@]2(C)[C@H]([C@H](C)[C@]3(O)C[C@H](OC(=O)C(OC(=O)CCCC(=O)C4CC4)[C@@H](NC(=O)c4ccccc4)c4ccccc4)C(C)=C1C3(C)C)[C@]1(O)CO[C@@H]1C[C@@H]2O.[Ac]. The normalized spacial score (nSPS) is 33.0. The summed E-state index contributed by atoms with van der Waals surface area (Å²) in [5, 5.41) is 40.0. The van der Waals surface area contributed by atoms with Crippen LogP contribution in [0.3, 0.4) is 0 Å². The number of carbonyl (C=O) groups is 6. The van der Waals surface area contributed by atoms with Crippen molar-refractivity contribution >= 4 is 35.4 Å². The summed E-state index contributed by atoms with van der Waals surface area (Å²) in [6.07, 6.45) is -5.44. The monoisotopic (exact) mass is 1070 g/mol. The molecule has 1 radical (unpaired) electrons. The second-order valence-corrected chi connectivity index (χ2v) is 18.5. The molecule has 2 aromatic rings. The maximum absolute atomic E-state index is 15.1. The molecule has 1 saturated heterocycles. The van der Waals surface area contributed by atoms with E-state index in [1.54, 1.807) is 88.4 Å². The molecule has 4 N–H and O–H groups in total. The van der Waals surface area contributed by atoms with Crippen LogP contribution in [-0.2, 0) is 42.9 Å². The van der Waals surface area contributed by atoms with Crippen molar-refractivity contribution < 1.29 is 107 Å². The first-order chi connectivity index (χ1) is 28.7. The van der Waals surface area contributed by atoms with Crippen LogP contribution in [0.25, 0.3) is 0 Å². The van der Waals surface area contributed by atoms with E-state index in [4.69, 9.17) is 18.9 Å². The second kappa shape index (κ2) is 18.3. The predicted octanol–water partition coefficient (Wildman–Crippen LogP) is 4.28. The quantitative estimate of drug-likeness (QED) is 0.126. The average Bonchev–Trinajstić information content (AvgIpc) is 4.08. The van der Waals surface area contributed by atoms with Gasteiger partial charge in [-0.25, -0.2) is 4.79 Å². The molecule has 3 saturated carbocycles. The first kappa shape index (κ1) is 48.1. The van der Waals surface area contributed by atoms with Crippen LogP contribution in [0.15, 0.2) is 71.8 Å². The molecule has 11 atom stereocenters. The summed E-state index contributed by atoms with van der Waals surface area (Å²) in [7, 11) is 0. The number of hydrogen-bond donors (Lipinski definition) is 4. The number of Topliss-reactive ketones (excluding diaryl/α,β-unsaturated/α-hetero) is 2. The molecule has 14 nitrogen and oxygen atoms in total. The van der Waals surface area contributed by atoms with Crippen molar-refractivity contribution in [3.8, 4) is 0 Å². The van der Waals surface area contributed by atoms with E-state index in [2.05, 4.69) is 5.32 Å². The number of carbonyl (C=O) groups excluding carboxylic acids is 6. The van der Waals surface area contributed by atoms with E-state index < -0.39 is 100 Å². The molecular formula is C47H57AcNO13. The van der Waals surface area contributed by atoms with Gasteiger partial charge in [0, 0.05) is 99.5 Å². The Balaban J connectivity index is 0.00000641. The summed E-state index contributed by atoms with van der Waals surface area (Å²) in [5.41, 5.74) is -5.46. The number of fused-ring (bicyclic) bond motifs is 5. The number of benzene rings is 2.